The molecular formula is C24H25FN6O. The Morgan fingerprint density at radius 2 is 2.09 bits per heavy atom. The largest absolute Gasteiger partial charge is 0.423 e. The Balaban J connectivity index is 1.43. The van der Waals surface area contributed by atoms with Crippen molar-refractivity contribution in [1.82, 2.24) is 20.3 Å². The van der Waals surface area contributed by atoms with Crippen LogP contribution in [0, 0.1) is 12.7 Å². The van der Waals surface area contributed by atoms with Crippen molar-refractivity contribution in [2.75, 3.05) is 36.9 Å². The number of ether oxygens (including phenoxy) is 1. The normalized spacial score (nSPS) is 17.8. The summed E-state index contributed by atoms with van der Waals surface area (Å²) in [4.78, 5) is 16.1. The Morgan fingerprint density at radius 1 is 1.22 bits per heavy atom. The van der Waals surface area contributed by atoms with Crippen LogP contribution in [0.1, 0.15) is 29.8 Å². The van der Waals surface area contributed by atoms with E-state index in [9.17, 15) is 4.39 Å². The summed E-state index contributed by atoms with van der Waals surface area (Å²) in [6, 6.07) is 7.19. The van der Waals surface area contributed by atoms with Gasteiger partial charge in [-0.2, -0.15) is 9.97 Å². The summed E-state index contributed by atoms with van der Waals surface area (Å²) in [6.07, 6.45) is 4.65. The van der Waals surface area contributed by atoms with Gasteiger partial charge in [-0.25, -0.2) is 4.39 Å². The fourth-order valence-corrected chi connectivity index (χ4v) is 5.18. The molecule has 1 aromatic carbocycles. The smallest absolute Gasteiger partial charge is 0.324 e. The fourth-order valence-electron chi connectivity index (χ4n) is 5.18. The third kappa shape index (κ3) is 3.09. The van der Waals surface area contributed by atoms with Crippen LogP contribution in [0.3, 0.4) is 0 Å². The summed E-state index contributed by atoms with van der Waals surface area (Å²) in [6.45, 7) is 4.75. The quantitative estimate of drug-likeness (QED) is 0.510. The molecule has 0 atom stereocenters. The molecule has 8 heteroatoms. The number of nitrogens with zero attached hydrogens (tertiary/aromatic N) is 4. The van der Waals surface area contributed by atoms with Crippen molar-refractivity contribution in [3.63, 3.8) is 0 Å². The Kier molecular flexibility index (Phi) is 4.33. The van der Waals surface area contributed by atoms with Crippen molar-refractivity contribution >= 4 is 11.5 Å². The summed E-state index contributed by atoms with van der Waals surface area (Å²) < 4.78 is 20.4. The zero-order valence-corrected chi connectivity index (χ0v) is 18.2. The summed E-state index contributed by atoms with van der Waals surface area (Å²) in [5.74, 6) is 1.14. The van der Waals surface area contributed by atoms with Gasteiger partial charge in [-0.15, -0.1) is 0 Å². The van der Waals surface area contributed by atoms with Crippen LogP contribution in [-0.2, 0) is 6.42 Å². The number of halogens is 1. The van der Waals surface area contributed by atoms with E-state index in [1.165, 1.54) is 18.9 Å². The number of aryl methyl sites for hydroxylation is 1. The summed E-state index contributed by atoms with van der Waals surface area (Å²) in [7, 11) is 1.81. The average Bonchev–Trinajstić information content (AvgIpc) is 3.38. The van der Waals surface area contributed by atoms with Crippen molar-refractivity contribution in [2.24, 2.45) is 0 Å². The van der Waals surface area contributed by atoms with Gasteiger partial charge in [0, 0.05) is 43.5 Å². The monoisotopic (exact) mass is 432 g/mol. The number of fused-ring (bicyclic) bond motifs is 3. The number of rotatable bonds is 4. The van der Waals surface area contributed by atoms with Crippen LogP contribution in [0.4, 0.5) is 15.9 Å². The van der Waals surface area contributed by atoms with Crippen molar-refractivity contribution in [1.29, 1.82) is 0 Å². The molecule has 0 amide bonds. The van der Waals surface area contributed by atoms with Crippen LogP contribution in [0.2, 0.25) is 0 Å². The van der Waals surface area contributed by atoms with E-state index in [-0.39, 0.29) is 11.4 Å². The van der Waals surface area contributed by atoms with Gasteiger partial charge < -0.3 is 20.3 Å². The van der Waals surface area contributed by atoms with Crippen molar-refractivity contribution in [3.05, 3.63) is 53.2 Å². The predicted octanol–water partition coefficient (Wildman–Crippen LogP) is 3.67. The second kappa shape index (κ2) is 7.13. The summed E-state index contributed by atoms with van der Waals surface area (Å²) in [5.41, 5.74) is 5.55. The first kappa shape index (κ1) is 19.4. The van der Waals surface area contributed by atoms with Crippen molar-refractivity contribution in [3.8, 4) is 22.9 Å². The molecule has 2 aromatic heterocycles. The van der Waals surface area contributed by atoms with Gasteiger partial charge in [0.2, 0.25) is 0 Å². The molecule has 7 nitrogen and oxygen atoms in total. The lowest BCUT2D eigenvalue weighted by Gasteiger charge is -2.49. The lowest BCUT2D eigenvalue weighted by Crippen LogP contribution is -2.67. The summed E-state index contributed by atoms with van der Waals surface area (Å²) in [5, 5.41) is 6.78. The number of hydrogen-bond acceptors (Lipinski definition) is 7. The van der Waals surface area contributed by atoms with E-state index in [1.54, 1.807) is 12.3 Å². The Hall–Kier alpha value is -3.26. The van der Waals surface area contributed by atoms with E-state index in [1.807, 2.05) is 26.1 Å². The van der Waals surface area contributed by atoms with Gasteiger partial charge in [-0.1, -0.05) is 0 Å². The Labute approximate surface area is 186 Å². The molecule has 164 valence electrons. The highest BCUT2D eigenvalue weighted by atomic mass is 19.1. The maximum Gasteiger partial charge on any atom is 0.324 e. The molecule has 2 saturated heterocycles. The maximum atomic E-state index is 14.4. The maximum absolute atomic E-state index is 14.4. The molecule has 3 aromatic rings. The van der Waals surface area contributed by atoms with Gasteiger partial charge in [-0.05, 0) is 61.7 Å². The van der Waals surface area contributed by atoms with Crippen LogP contribution in [0.25, 0.3) is 11.1 Å². The summed E-state index contributed by atoms with van der Waals surface area (Å²) >= 11 is 0. The molecule has 0 bridgehead atoms. The molecule has 2 N–H and O–H groups in total. The Bertz CT molecular complexity index is 1200. The molecule has 4 heterocycles. The number of benzene rings is 1. The second-order valence-corrected chi connectivity index (χ2v) is 8.96. The van der Waals surface area contributed by atoms with Crippen LogP contribution in [0.5, 0.6) is 11.8 Å². The zero-order valence-electron chi connectivity index (χ0n) is 18.2. The zero-order chi connectivity index (χ0) is 21.9. The first-order chi connectivity index (χ1) is 15.5. The molecule has 0 radical (unpaired) electrons. The molecule has 32 heavy (non-hydrogen) atoms. The van der Waals surface area contributed by atoms with Crippen LogP contribution < -0.4 is 20.3 Å². The molecule has 6 rings (SSSR count). The van der Waals surface area contributed by atoms with Gasteiger partial charge >= 0.3 is 6.01 Å². The highest BCUT2D eigenvalue weighted by Gasteiger charge is 2.46. The van der Waals surface area contributed by atoms with E-state index in [0.717, 1.165) is 59.2 Å². The predicted molar refractivity (Wildman–Crippen MR) is 121 cm³/mol. The molecule has 2 aliphatic heterocycles. The minimum absolute atomic E-state index is 0.166. The van der Waals surface area contributed by atoms with Gasteiger partial charge in [0.1, 0.15) is 17.4 Å². The number of anilines is 2. The first-order valence-corrected chi connectivity index (χ1v) is 11.1. The van der Waals surface area contributed by atoms with E-state index in [4.69, 9.17) is 14.7 Å². The second-order valence-electron chi connectivity index (χ2n) is 8.96. The van der Waals surface area contributed by atoms with Gasteiger partial charge in [0.25, 0.3) is 0 Å². The number of aromatic nitrogens is 3. The average molecular weight is 433 g/mol. The first-order valence-electron chi connectivity index (χ1n) is 11.1. The molecule has 0 unspecified atom stereocenters. The molecule has 2 fully saturated rings. The van der Waals surface area contributed by atoms with Gasteiger partial charge in [-0.3, -0.25) is 4.98 Å². The minimum Gasteiger partial charge on any atom is -0.423 e. The van der Waals surface area contributed by atoms with Gasteiger partial charge in [0.15, 0.2) is 0 Å². The molecule has 1 spiro atoms. The van der Waals surface area contributed by atoms with E-state index < -0.39 is 0 Å². The Morgan fingerprint density at radius 3 is 2.81 bits per heavy atom. The van der Waals surface area contributed by atoms with E-state index in [0.29, 0.717) is 18.2 Å². The number of pyridine rings is 1. The standard InChI is InChI=1S/C24H25FN6O/c1-14-4-5-16(11-27-14)32-23-29-20-10-17-18(8-15(25)9-19(17)26-2)21(20)22(30-23)31-12-24(13-31)6-3-7-28-24/h4-5,8-9,11,26,28H,3,6-7,10,12-13H2,1-2H3. The lowest BCUT2D eigenvalue weighted by atomic mass is 9.87. The molecule has 1 aliphatic carbocycles. The highest BCUT2D eigenvalue weighted by Crippen LogP contribution is 2.47. The van der Waals surface area contributed by atoms with E-state index in [2.05, 4.69) is 20.5 Å². The molecule has 3 aliphatic rings. The van der Waals surface area contributed by atoms with E-state index >= 15 is 0 Å². The highest BCUT2D eigenvalue weighted by molar-refractivity contribution is 5.88. The van der Waals surface area contributed by atoms with Gasteiger partial charge in [0.05, 0.1) is 17.4 Å². The van der Waals surface area contributed by atoms with Crippen LogP contribution in [-0.4, -0.2) is 47.2 Å². The van der Waals surface area contributed by atoms with Crippen molar-refractivity contribution < 1.29 is 9.13 Å². The lowest BCUT2D eigenvalue weighted by molar-refractivity contribution is 0.292. The molecular weight excluding hydrogens is 407 g/mol. The topological polar surface area (TPSA) is 75.2 Å². The SMILES string of the molecule is CNc1cc(F)cc2c1Cc1nc(Oc3ccc(C)nc3)nc(N3CC4(CCCN4)C3)c1-2. The minimum atomic E-state index is -0.268. The fraction of sp³-hybridized carbons (Fsp3) is 0.375. The van der Waals surface area contributed by atoms with Crippen LogP contribution >= 0.6 is 0 Å². The third-order valence-electron chi connectivity index (χ3n) is 6.75. The number of hydrogen-bond donors (Lipinski definition) is 2. The molecule has 0 saturated carbocycles. The van der Waals surface area contributed by atoms with Crippen molar-refractivity contribution in [2.45, 2.75) is 31.7 Å². The third-order valence-corrected chi connectivity index (χ3v) is 6.75. The van der Waals surface area contributed by atoms with Crippen LogP contribution in [0.15, 0.2) is 30.5 Å². The number of nitrogens with one attached hydrogen (secondary N) is 2.